The molecule has 0 aliphatic rings. The number of rotatable bonds is 5. The van der Waals surface area contributed by atoms with Crippen molar-refractivity contribution in [1.82, 2.24) is 9.55 Å². The Balaban J connectivity index is 1.75. The van der Waals surface area contributed by atoms with Crippen LogP contribution in [-0.4, -0.2) is 15.5 Å². The van der Waals surface area contributed by atoms with Crippen molar-refractivity contribution in [2.75, 3.05) is 5.32 Å². The molecule has 1 amide bonds. The van der Waals surface area contributed by atoms with Crippen molar-refractivity contribution in [3.8, 4) is 0 Å². The van der Waals surface area contributed by atoms with Crippen LogP contribution in [0.1, 0.15) is 18.9 Å². The smallest absolute Gasteiger partial charge is 0.326 e. The summed E-state index contributed by atoms with van der Waals surface area (Å²) < 4.78 is 1.41. The second-order valence-corrected chi connectivity index (χ2v) is 5.78. The first kappa shape index (κ1) is 16.7. The van der Waals surface area contributed by atoms with Crippen LogP contribution in [0.15, 0.2) is 58.1 Å². The van der Waals surface area contributed by atoms with Gasteiger partial charge in [0.15, 0.2) is 0 Å². The van der Waals surface area contributed by atoms with Crippen molar-refractivity contribution in [3.63, 3.8) is 0 Å². The Kier molecular flexibility index (Phi) is 4.79. The maximum atomic E-state index is 12.2. The van der Waals surface area contributed by atoms with Crippen LogP contribution in [0.2, 0.25) is 0 Å². The van der Waals surface area contributed by atoms with E-state index in [-0.39, 0.29) is 18.9 Å². The number of nitrogens with zero attached hydrogens (tertiary/aromatic N) is 1. The second-order valence-electron chi connectivity index (χ2n) is 5.78. The van der Waals surface area contributed by atoms with Crippen molar-refractivity contribution in [3.05, 3.63) is 74.9 Å². The molecule has 0 aliphatic heterocycles. The Bertz CT molecular complexity index is 1020. The number of amides is 1. The molecule has 0 spiro atoms. The normalized spacial score (nSPS) is 10.8. The van der Waals surface area contributed by atoms with E-state index >= 15 is 0 Å². The highest BCUT2D eigenvalue weighted by Gasteiger charge is 2.09. The van der Waals surface area contributed by atoms with Gasteiger partial charge in [0, 0.05) is 18.7 Å². The number of aromatic amines is 1. The molecular formula is C19H19N3O3. The van der Waals surface area contributed by atoms with E-state index in [1.54, 1.807) is 24.3 Å². The predicted octanol–water partition coefficient (Wildman–Crippen LogP) is 2.28. The fourth-order valence-corrected chi connectivity index (χ4v) is 2.72. The molecule has 3 rings (SSSR count). The summed E-state index contributed by atoms with van der Waals surface area (Å²) in [6.45, 7) is 2.26. The molecule has 128 valence electrons. The number of aryl methyl sites for hydroxylation is 2. The molecule has 1 heterocycles. The Morgan fingerprint density at radius 1 is 1.08 bits per heavy atom. The van der Waals surface area contributed by atoms with Gasteiger partial charge >= 0.3 is 5.69 Å². The minimum Gasteiger partial charge on any atom is -0.326 e. The number of para-hydroxylation sites is 1. The average molecular weight is 337 g/mol. The van der Waals surface area contributed by atoms with Crippen LogP contribution in [0.3, 0.4) is 0 Å². The van der Waals surface area contributed by atoms with E-state index in [2.05, 4.69) is 17.2 Å². The number of H-pyrrole nitrogens is 1. The lowest BCUT2D eigenvalue weighted by Gasteiger charge is -2.10. The summed E-state index contributed by atoms with van der Waals surface area (Å²) in [5.74, 6) is -0.188. The maximum absolute atomic E-state index is 12.2. The fourth-order valence-electron chi connectivity index (χ4n) is 2.72. The zero-order valence-corrected chi connectivity index (χ0v) is 13.9. The van der Waals surface area contributed by atoms with E-state index in [0.29, 0.717) is 10.9 Å². The molecule has 0 aliphatic carbocycles. The second kappa shape index (κ2) is 7.17. The summed E-state index contributed by atoms with van der Waals surface area (Å²) in [5, 5.41) is 3.24. The van der Waals surface area contributed by atoms with Gasteiger partial charge in [0.25, 0.3) is 5.56 Å². The van der Waals surface area contributed by atoms with Crippen LogP contribution in [0.4, 0.5) is 5.69 Å². The summed E-state index contributed by atoms with van der Waals surface area (Å²) in [7, 11) is 0. The first-order chi connectivity index (χ1) is 12.1. The van der Waals surface area contributed by atoms with Gasteiger partial charge in [0.1, 0.15) is 0 Å². The van der Waals surface area contributed by atoms with E-state index in [0.717, 1.165) is 12.1 Å². The highest BCUT2D eigenvalue weighted by Crippen LogP contribution is 2.11. The third-order valence-corrected chi connectivity index (χ3v) is 4.11. The van der Waals surface area contributed by atoms with E-state index in [9.17, 15) is 14.4 Å². The summed E-state index contributed by atoms with van der Waals surface area (Å²) >= 11 is 0. The van der Waals surface area contributed by atoms with E-state index in [1.807, 2.05) is 24.3 Å². The Morgan fingerprint density at radius 3 is 2.52 bits per heavy atom. The first-order valence-corrected chi connectivity index (χ1v) is 8.19. The van der Waals surface area contributed by atoms with Crippen molar-refractivity contribution in [2.45, 2.75) is 26.3 Å². The lowest BCUT2D eigenvalue weighted by molar-refractivity contribution is -0.116. The van der Waals surface area contributed by atoms with Crippen LogP contribution in [0.5, 0.6) is 0 Å². The number of carbonyl (C=O) groups excluding carboxylic acids is 1. The number of hydrogen-bond acceptors (Lipinski definition) is 3. The van der Waals surface area contributed by atoms with E-state index in [4.69, 9.17) is 0 Å². The van der Waals surface area contributed by atoms with Gasteiger partial charge in [-0.3, -0.25) is 19.1 Å². The molecule has 0 saturated carbocycles. The molecule has 2 aromatic carbocycles. The predicted molar refractivity (Wildman–Crippen MR) is 97.9 cm³/mol. The zero-order valence-electron chi connectivity index (χ0n) is 13.9. The van der Waals surface area contributed by atoms with Crippen molar-refractivity contribution in [1.29, 1.82) is 0 Å². The Hall–Kier alpha value is -3.15. The monoisotopic (exact) mass is 337 g/mol. The number of aromatic nitrogens is 2. The lowest BCUT2D eigenvalue weighted by atomic mass is 10.1. The van der Waals surface area contributed by atoms with Crippen molar-refractivity contribution < 1.29 is 4.79 Å². The molecular weight excluding hydrogens is 318 g/mol. The average Bonchev–Trinajstić information content (AvgIpc) is 2.62. The minimum atomic E-state index is -0.510. The summed E-state index contributed by atoms with van der Waals surface area (Å²) in [6.07, 6.45) is 1.07. The van der Waals surface area contributed by atoms with Gasteiger partial charge in [-0.05, 0) is 36.2 Å². The van der Waals surface area contributed by atoms with Gasteiger partial charge in [0.05, 0.1) is 10.9 Å². The molecule has 25 heavy (non-hydrogen) atoms. The largest absolute Gasteiger partial charge is 0.328 e. The van der Waals surface area contributed by atoms with Gasteiger partial charge in [-0.2, -0.15) is 0 Å². The maximum Gasteiger partial charge on any atom is 0.328 e. The van der Waals surface area contributed by atoms with E-state index in [1.165, 1.54) is 10.1 Å². The number of benzene rings is 2. The molecule has 0 atom stereocenters. The number of carbonyl (C=O) groups is 1. The molecule has 6 heteroatoms. The standard InChI is InChI=1S/C19H19N3O3/c1-2-13-7-9-14(10-8-13)20-17(23)11-12-22-16-6-4-3-5-15(16)18(24)21-19(22)25/h3-10H,2,11-12H2,1H3,(H,20,23)(H,21,24,25). The summed E-state index contributed by atoms with van der Waals surface area (Å²) in [5.41, 5.74) is 1.52. The number of nitrogens with one attached hydrogen (secondary N) is 2. The number of hydrogen-bond donors (Lipinski definition) is 2. The van der Waals surface area contributed by atoms with Gasteiger partial charge in [0.2, 0.25) is 5.91 Å². The van der Waals surface area contributed by atoms with Crippen LogP contribution >= 0.6 is 0 Å². The molecule has 2 N–H and O–H groups in total. The van der Waals surface area contributed by atoms with Crippen LogP contribution in [-0.2, 0) is 17.8 Å². The quantitative estimate of drug-likeness (QED) is 0.749. The minimum absolute atomic E-state index is 0.130. The molecule has 0 radical (unpaired) electrons. The summed E-state index contributed by atoms with van der Waals surface area (Å²) in [6, 6.07) is 14.5. The Labute approximate surface area is 144 Å². The highest BCUT2D eigenvalue weighted by atomic mass is 16.2. The van der Waals surface area contributed by atoms with Crippen molar-refractivity contribution in [2.24, 2.45) is 0 Å². The third-order valence-electron chi connectivity index (χ3n) is 4.11. The Morgan fingerprint density at radius 2 is 1.80 bits per heavy atom. The molecule has 0 fully saturated rings. The van der Waals surface area contributed by atoms with Gasteiger partial charge in [-0.1, -0.05) is 31.2 Å². The van der Waals surface area contributed by atoms with Gasteiger partial charge in [-0.15, -0.1) is 0 Å². The topological polar surface area (TPSA) is 84.0 Å². The lowest BCUT2D eigenvalue weighted by Crippen LogP contribution is -2.31. The molecule has 1 aromatic heterocycles. The zero-order chi connectivity index (χ0) is 17.8. The third kappa shape index (κ3) is 3.68. The molecule has 6 nitrogen and oxygen atoms in total. The molecule has 3 aromatic rings. The highest BCUT2D eigenvalue weighted by molar-refractivity contribution is 5.90. The number of anilines is 1. The van der Waals surface area contributed by atoms with Gasteiger partial charge < -0.3 is 5.32 Å². The summed E-state index contributed by atoms with van der Waals surface area (Å²) in [4.78, 5) is 38.4. The number of fused-ring (bicyclic) bond motifs is 1. The molecule has 0 unspecified atom stereocenters. The van der Waals surface area contributed by atoms with Gasteiger partial charge in [-0.25, -0.2) is 4.79 Å². The van der Waals surface area contributed by atoms with E-state index < -0.39 is 11.2 Å². The molecule has 0 bridgehead atoms. The van der Waals surface area contributed by atoms with Crippen LogP contribution < -0.4 is 16.6 Å². The first-order valence-electron chi connectivity index (χ1n) is 8.19. The fraction of sp³-hybridized carbons (Fsp3) is 0.211. The van der Waals surface area contributed by atoms with Crippen molar-refractivity contribution >= 4 is 22.5 Å². The SMILES string of the molecule is CCc1ccc(NC(=O)CCn2c(=O)[nH]c(=O)c3ccccc32)cc1. The van der Waals surface area contributed by atoms with Crippen LogP contribution in [0.25, 0.3) is 10.9 Å². The molecule has 0 saturated heterocycles. The van der Waals surface area contributed by atoms with Crippen LogP contribution in [0, 0.1) is 0 Å².